The maximum absolute atomic E-state index is 9.11. The average molecular weight is 334 g/mol. The summed E-state index contributed by atoms with van der Waals surface area (Å²) in [4.78, 5) is 12.6. The lowest BCUT2D eigenvalue weighted by Gasteiger charge is -2.34. The van der Waals surface area contributed by atoms with Crippen LogP contribution in [0.2, 0.25) is 0 Å². The van der Waals surface area contributed by atoms with Crippen LogP contribution in [0, 0.1) is 6.92 Å². The Labute approximate surface area is 139 Å². The number of aliphatic hydroxyl groups excluding tert-OH is 1. The number of nitrogens with zero attached hydrogens (tertiary/aromatic N) is 4. The van der Waals surface area contributed by atoms with Gasteiger partial charge in [-0.05, 0) is 19.8 Å². The first kappa shape index (κ1) is 15.3. The van der Waals surface area contributed by atoms with Crippen LogP contribution in [0.3, 0.4) is 0 Å². The minimum absolute atomic E-state index is 0.168. The molecule has 0 bridgehead atoms. The van der Waals surface area contributed by atoms with Crippen molar-refractivity contribution < 1.29 is 9.84 Å². The van der Waals surface area contributed by atoms with Gasteiger partial charge < -0.3 is 14.4 Å². The molecule has 124 valence electrons. The molecule has 4 heterocycles. The van der Waals surface area contributed by atoms with Gasteiger partial charge in [0, 0.05) is 44.2 Å². The minimum Gasteiger partial charge on any atom is -0.396 e. The summed E-state index contributed by atoms with van der Waals surface area (Å²) in [6.45, 7) is 4.95. The Balaban J connectivity index is 1.53. The molecule has 1 N–H and O–H groups in total. The fourth-order valence-electron chi connectivity index (χ4n) is 3.74. The van der Waals surface area contributed by atoms with Gasteiger partial charge in [-0.2, -0.15) is 0 Å². The minimum atomic E-state index is 0.168. The second kappa shape index (κ2) is 6.32. The monoisotopic (exact) mass is 334 g/mol. The topological polar surface area (TPSA) is 63.4 Å². The van der Waals surface area contributed by atoms with Gasteiger partial charge in [-0.25, -0.2) is 9.97 Å². The van der Waals surface area contributed by atoms with E-state index in [1.54, 1.807) is 11.3 Å². The maximum atomic E-state index is 9.11. The summed E-state index contributed by atoms with van der Waals surface area (Å²) in [5.74, 6) is 1.03. The van der Waals surface area contributed by atoms with Crippen LogP contribution in [0.15, 0.2) is 17.9 Å². The lowest BCUT2D eigenvalue weighted by atomic mass is 10.1. The first-order chi connectivity index (χ1) is 11.3. The van der Waals surface area contributed by atoms with Crippen LogP contribution < -0.4 is 0 Å². The van der Waals surface area contributed by atoms with E-state index in [1.807, 2.05) is 18.6 Å². The number of morpholine rings is 1. The molecule has 23 heavy (non-hydrogen) atoms. The van der Waals surface area contributed by atoms with Crippen LogP contribution in [0.5, 0.6) is 0 Å². The van der Waals surface area contributed by atoms with Gasteiger partial charge in [0.25, 0.3) is 0 Å². The highest BCUT2D eigenvalue weighted by Crippen LogP contribution is 2.35. The summed E-state index contributed by atoms with van der Waals surface area (Å²) < 4.78 is 8.19. The number of imidazole rings is 1. The zero-order valence-corrected chi connectivity index (χ0v) is 14.1. The van der Waals surface area contributed by atoms with Crippen LogP contribution >= 0.6 is 11.3 Å². The van der Waals surface area contributed by atoms with E-state index in [4.69, 9.17) is 9.84 Å². The summed E-state index contributed by atoms with van der Waals surface area (Å²) >= 11 is 1.65. The summed E-state index contributed by atoms with van der Waals surface area (Å²) in [6.07, 6.45) is 5.96. The van der Waals surface area contributed by atoms with Crippen LogP contribution in [0.1, 0.15) is 24.6 Å². The van der Waals surface area contributed by atoms with E-state index in [0.717, 1.165) is 48.9 Å². The fourth-order valence-corrected chi connectivity index (χ4v) is 4.54. The third-order valence-corrected chi connectivity index (χ3v) is 5.85. The van der Waals surface area contributed by atoms with E-state index >= 15 is 0 Å². The van der Waals surface area contributed by atoms with Crippen molar-refractivity contribution in [2.24, 2.45) is 0 Å². The molecule has 2 aliphatic rings. The number of ether oxygens (including phenoxy) is 1. The second-order valence-corrected chi connectivity index (χ2v) is 7.24. The van der Waals surface area contributed by atoms with Crippen molar-refractivity contribution in [2.75, 3.05) is 26.3 Å². The number of aryl methyl sites for hydroxylation is 1. The number of thiazole rings is 1. The smallest absolute Gasteiger partial charge is 0.152 e. The Morgan fingerprint density at radius 2 is 2.26 bits per heavy atom. The van der Waals surface area contributed by atoms with Gasteiger partial charge in [0.05, 0.1) is 28.8 Å². The molecule has 0 aliphatic carbocycles. The average Bonchev–Trinajstić information content (AvgIpc) is 3.24. The highest BCUT2D eigenvalue weighted by atomic mass is 32.1. The SMILES string of the molecule is Cc1ncsc1-c1nccn1[C@H]1C[C@H]2CO[C@@H](CCO)CN2C1. The Morgan fingerprint density at radius 3 is 3.04 bits per heavy atom. The van der Waals surface area contributed by atoms with Crippen molar-refractivity contribution in [3.63, 3.8) is 0 Å². The van der Waals surface area contributed by atoms with Crippen molar-refractivity contribution in [3.05, 3.63) is 23.6 Å². The predicted octanol–water partition coefficient (Wildman–Crippen LogP) is 1.71. The number of hydrogen-bond acceptors (Lipinski definition) is 6. The lowest BCUT2D eigenvalue weighted by Crippen LogP contribution is -2.46. The first-order valence-electron chi connectivity index (χ1n) is 8.16. The standard InChI is InChI=1S/C16H22N4O2S/c1-11-15(23-10-18-11)16-17-3-4-20(16)12-6-13-9-22-14(2-5-21)8-19(13)7-12/h3-4,10,12-14,21H,2,5-9H2,1H3/t12-,13-,14-/m0/s1. The molecule has 0 unspecified atom stereocenters. The van der Waals surface area contributed by atoms with E-state index in [2.05, 4.69) is 25.6 Å². The van der Waals surface area contributed by atoms with Gasteiger partial charge in [-0.15, -0.1) is 11.3 Å². The summed E-state index contributed by atoms with van der Waals surface area (Å²) in [5.41, 5.74) is 2.93. The number of hydrogen-bond donors (Lipinski definition) is 1. The molecule has 0 radical (unpaired) electrons. The van der Waals surface area contributed by atoms with E-state index in [1.165, 1.54) is 0 Å². The first-order valence-corrected chi connectivity index (χ1v) is 9.04. The van der Waals surface area contributed by atoms with Crippen molar-refractivity contribution in [3.8, 4) is 10.7 Å². The quantitative estimate of drug-likeness (QED) is 0.922. The Bertz CT molecular complexity index is 671. The number of fused-ring (bicyclic) bond motifs is 1. The van der Waals surface area contributed by atoms with Crippen molar-refractivity contribution in [1.82, 2.24) is 19.4 Å². The highest BCUT2D eigenvalue weighted by Gasteiger charge is 2.38. The number of aliphatic hydroxyl groups is 1. The van der Waals surface area contributed by atoms with Gasteiger partial charge in [0.2, 0.25) is 0 Å². The summed E-state index contributed by atoms with van der Waals surface area (Å²) in [5, 5.41) is 9.11. The molecule has 0 aromatic carbocycles. The van der Waals surface area contributed by atoms with Crippen LogP contribution in [0.4, 0.5) is 0 Å². The fraction of sp³-hybridized carbons (Fsp3) is 0.625. The van der Waals surface area contributed by atoms with E-state index in [-0.39, 0.29) is 12.7 Å². The third kappa shape index (κ3) is 2.82. The second-order valence-electron chi connectivity index (χ2n) is 6.39. The summed E-state index contributed by atoms with van der Waals surface area (Å²) in [7, 11) is 0. The Morgan fingerprint density at radius 1 is 1.35 bits per heavy atom. The maximum Gasteiger partial charge on any atom is 0.152 e. The molecular formula is C16H22N4O2S. The zero-order valence-electron chi connectivity index (χ0n) is 13.3. The van der Waals surface area contributed by atoms with Gasteiger partial charge >= 0.3 is 0 Å². The molecule has 0 saturated carbocycles. The molecule has 2 saturated heterocycles. The molecular weight excluding hydrogens is 312 g/mol. The van der Waals surface area contributed by atoms with E-state index < -0.39 is 0 Å². The van der Waals surface area contributed by atoms with Crippen molar-refractivity contribution in [1.29, 1.82) is 0 Å². The molecule has 7 heteroatoms. The Kier molecular flexibility index (Phi) is 4.19. The van der Waals surface area contributed by atoms with Crippen molar-refractivity contribution >= 4 is 11.3 Å². The molecule has 0 spiro atoms. The van der Waals surface area contributed by atoms with Crippen LogP contribution in [-0.2, 0) is 4.74 Å². The molecule has 2 fully saturated rings. The predicted molar refractivity (Wildman–Crippen MR) is 88.5 cm³/mol. The lowest BCUT2D eigenvalue weighted by molar-refractivity contribution is -0.0567. The molecule has 0 amide bonds. The van der Waals surface area contributed by atoms with Crippen molar-refractivity contribution in [2.45, 2.75) is 38.0 Å². The number of aromatic nitrogens is 3. The molecule has 2 aromatic heterocycles. The molecule has 6 nitrogen and oxygen atoms in total. The van der Waals surface area contributed by atoms with Gasteiger partial charge in [-0.3, -0.25) is 4.90 Å². The molecule has 4 rings (SSSR count). The Hall–Kier alpha value is -1.28. The number of rotatable bonds is 4. The normalized spacial score (nSPS) is 28.2. The van der Waals surface area contributed by atoms with Gasteiger partial charge in [0.1, 0.15) is 0 Å². The molecule has 2 aliphatic heterocycles. The highest BCUT2D eigenvalue weighted by molar-refractivity contribution is 7.13. The zero-order chi connectivity index (χ0) is 15.8. The summed E-state index contributed by atoms with van der Waals surface area (Å²) in [6, 6.07) is 0.906. The van der Waals surface area contributed by atoms with Crippen LogP contribution in [0.25, 0.3) is 10.7 Å². The third-order valence-electron chi connectivity index (χ3n) is 4.93. The van der Waals surface area contributed by atoms with Gasteiger partial charge in [0.15, 0.2) is 5.82 Å². The van der Waals surface area contributed by atoms with Gasteiger partial charge in [-0.1, -0.05) is 0 Å². The molecule has 3 atom stereocenters. The largest absolute Gasteiger partial charge is 0.396 e. The van der Waals surface area contributed by atoms with E-state index in [0.29, 0.717) is 12.1 Å². The van der Waals surface area contributed by atoms with Crippen LogP contribution in [-0.4, -0.2) is 63.0 Å². The molecule has 2 aromatic rings. The van der Waals surface area contributed by atoms with E-state index in [9.17, 15) is 0 Å².